The maximum absolute atomic E-state index is 10.5. The van der Waals surface area contributed by atoms with E-state index in [9.17, 15) is 5.11 Å². The van der Waals surface area contributed by atoms with Crippen molar-refractivity contribution in [2.45, 2.75) is 19.3 Å². The van der Waals surface area contributed by atoms with Crippen LogP contribution in [0.4, 0.5) is 0 Å². The molecule has 1 heterocycles. The zero-order valence-electron chi connectivity index (χ0n) is 15.6. The fraction of sp³-hybridized carbons (Fsp3) is 0.286. The SMILES string of the molecule is CN=C(NCc1ccc(COC)cc1)NCC(O)c1cc2ccccc2s1. The summed E-state index contributed by atoms with van der Waals surface area (Å²) in [5, 5.41) is 18.1. The maximum atomic E-state index is 10.5. The van der Waals surface area contributed by atoms with Gasteiger partial charge in [-0.3, -0.25) is 4.99 Å². The smallest absolute Gasteiger partial charge is 0.191 e. The Labute approximate surface area is 163 Å². The third-order valence-electron chi connectivity index (χ3n) is 4.25. The summed E-state index contributed by atoms with van der Waals surface area (Å²) in [5.74, 6) is 0.663. The Morgan fingerprint density at radius 2 is 1.85 bits per heavy atom. The van der Waals surface area contributed by atoms with Crippen molar-refractivity contribution in [1.29, 1.82) is 0 Å². The lowest BCUT2D eigenvalue weighted by Gasteiger charge is -2.15. The number of ether oxygens (including phenoxy) is 1. The molecular formula is C21H25N3O2S. The minimum atomic E-state index is -0.575. The van der Waals surface area contributed by atoms with Crippen molar-refractivity contribution in [1.82, 2.24) is 10.6 Å². The van der Waals surface area contributed by atoms with Crippen LogP contribution in [0.25, 0.3) is 10.1 Å². The number of hydrogen-bond donors (Lipinski definition) is 3. The summed E-state index contributed by atoms with van der Waals surface area (Å²) in [6.45, 7) is 1.68. The standard InChI is InChI=1S/C21H25N3O2S/c1-22-21(23-12-15-7-9-16(10-8-15)14-26-2)24-13-18(25)20-11-17-5-3-4-6-19(17)27-20/h3-11,18,25H,12-14H2,1-2H3,(H2,22,23,24). The summed E-state index contributed by atoms with van der Waals surface area (Å²) in [5.41, 5.74) is 2.30. The summed E-state index contributed by atoms with van der Waals surface area (Å²) in [4.78, 5) is 5.18. The van der Waals surface area contributed by atoms with Crippen LogP contribution in [0.15, 0.2) is 59.6 Å². The third-order valence-corrected chi connectivity index (χ3v) is 5.47. The Balaban J connectivity index is 1.51. The Kier molecular flexibility index (Phi) is 6.81. The number of nitrogens with one attached hydrogen (secondary N) is 2. The molecule has 0 amide bonds. The second-order valence-corrected chi connectivity index (χ2v) is 7.37. The van der Waals surface area contributed by atoms with Gasteiger partial charge in [-0.15, -0.1) is 11.3 Å². The number of aliphatic hydroxyl groups excluding tert-OH is 1. The van der Waals surface area contributed by atoms with Crippen molar-refractivity contribution in [2.24, 2.45) is 4.99 Å². The second-order valence-electron chi connectivity index (χ2n) is 6.26. The molecule has 0 aliphatic carbocycles. The van der Waals surface area contributed by atoms with E-state index in [4.69, 9.17) is 4.74 Å². The molecule has 27 heavy (non-hydrogen) atoms. The van der Waals surface area contributed by atoms with E-state index in [1.165, 1.54) is 4.70 Å². The highest BCUT2D eigenvalue weighted by atomic mass is 32.1. The van der Waals surface area contributed by atoms with Gasteiger partial charge in [0.25, 0.3) is 0 Å². The molecular weight excluding hydrogens is 358 g/mol. The molecule has 142 valence electrons. The van der Waals surface area contributed by atoms with Crippen LogP contribution in [0.5, 0.6) is 0 Å². The number of methoxy groups -OCH3 is 1. The first-order chi connectivity index (χ1) is 13.2. The van der Waals surface area contributed by atoms with Gasteiger partial charge in [0.2, 0.25) is 0 Å². The summed E-state index contributed by atoms with van der Waals surface area (Å²) in [7, 11) is 3.42. The number of fused-ring (bicyclic) bond motifs is 1. The van der Waals surface area contributed by atoms with Crippen LogP contribution in [0.1, 0.15) is 22.1 Å². The fourth-order valence-corrected chi connectivity index (χ4v) is 3.84. The lowest BCUT2D eigenvalue weighted by molar-refractivity contribution is 0.184. The lowest BCUT2D eigenvalue weighted by atomic mass is 10.1. The Morgan fingerprint density at radius 3 is 2.56 bits per heavy atom. The second kappa shape index (κ2) is 9.50. The number of aliphatic imine (C=N–C) groups is 1. The number of thiophene rings is 1. The number of nitrogens with zero attached hydrogens (tertiary/aromatic N) is 1. The van der Waals surface area contributed by atoms with E-state index in [2.05, 4.69) is 52.0 Å². The van der Waals surface area contributed by atoms with Gasteiger partial charge in [0.15, 0.2) is 5.96 Å². The Hall–Kier alpha value is -2.41. The normalized spacial score (nSPS) is 12.9. The molecule has 0 bridgehead atoms. The van der Waals surface area contributed by atoms with E-state index >= 15 is 0 Å². The molecule has 0 saturated carbocycles. The van der Waals surface area contributed by atoms with E-state index in [-0.39, 0.29) is 0 Å². The Bertz CT molecular complexity index is 857. The molecule has 0 fully saturated rings. The van der Waals surface area contributed by atoms with E-state index < -0.39 is 6.10 Å². The first kappa shape index (κ1) is 19.4. The minimum absolute atomic E-state index is 0.402. The van der Waals surface area contributed by atoms with E-state index in [1.807, 2.05) is 18.2 Å². The van der Waals surface area contributed by atoms with Crippen LogP contribution in [0.2, 0.25) is 0 Å². The van der Waals surface area contributed by atoms with Crippen LogP contribution in [-0.4, -0.2) is 31.8 Å². The molecule has 0 aliphatic heterocycles. The first-order valence-electron chi connectivity index (χ1n) is 8.87. The van der Waals surface area contributed by atoms with E-state index in [0.717, 1.165) is 21.4 Å². The summed E-state index contributed by atoms with van der Waals surface area (Å²) in [6.07, 6.45) is -0.575. The summed E-state index contributed by atoms with van der Waals surface area (Å²) >= 11 is 1.62. The first-order valence-corrected chi connectivity index (χ1v) is 9.69. The quantitative estimate of drug-likeness (QED) is 0.432. The highest BCUT2D eigenvalue weighted by molar-refractivity contribution is 7.19. The molecule has 0 aliphatic rings. The molecule has 3 N–H and O–H groups in total. The number of hydrogen-bond acceptors (Lipinski definition) is 4. The number of rotatable bonds is 7. The van der Waals surface area contributed by atoms with Crippen molar-refractivity contribution in [3.05, 3.63) is 70.6 Å². The van der Waals surface area contributed by atoms with Gasteiger partial charge in [0.05, 0.1) is 6.61 Å². The van der Waals surface area contributed by atoms with Crippen LogP contribution in [0.3, 0.4) is 0 Å². The van der Waals surface area contributed by atoms with Crippen LogP contribution in [0, 0.1) is 0 Å². The third kappa shape index (κ3) is 5.29. The highest BCUT2D eigenvalue weighted by Gasteiger charge is 2.12. The molecule has 1 unspecified atom stereocenters. The predicted octanol–water partition coefficient (Wildman–Crippen LogP) is 3.45. The molecule has 5 nitrogen and oxygen atoms in total. The average molecular weight is 384 g/mol. The minimum Gasteiger partial charge on any atom is -0.386 e. The Morgan fingerprint density at radius 1 is 1.11 bits per heavy atom. The molecule has 0 saturated heterocycles. The summed E-state index contributed by atoms with van der Waals surface area (Å²) in [6, 6.07) is 18.5. The molecule has 1 atom stereocenters. The van der Waals surface area contributed by atoms with Gasteiger partial charge in [-0.05, 0) is 28.6 Å². The van der Waals surface area contributed by atoms with Gasteiger partial charge in [-0.2, -0.15) is 0 Å². The molecule has 0 radical (unpaired) electrons. The predicted molar refractivity (Wildman–Crippen MR) is 112 cm³/mol. The monoisotopic (exact) mass is 383 g/mol. The molecule has 3 aromatic rings. The average Bonchev–Trinajstić information content (AvgIpc) is 3.14. The number of aliphatic hydroxyl groups is 1. The molecule has 1 aromatic heterocycles. The van der Waals surface area contributed by atoms with Crippen molar-refractivity contribution in [3.8, 4) is 0 Å². The van der Waals surface area contributed by atoms with Gasteiger partial charge in [-0.25, -0.2) is 0 Å². The maximum Gasteiger partial charge on any atom is 0.191 e. The van der Waals surface area contributed by atoms with Gasteiger partial charge in [-0.1, -0.05) is 42.5 Å². The van der Waals surface area contributed by atoms with E-state index in [1.54, 1.807) is 25.5 Å². The highest BCUT2D eigenvalue weighted by Crippen LogP contribution is 2.29. The van der Waals surface area contributed by atoms with E-state index in [0.29, 0.717) is 25.7 Å². The van der Waals surface area contributed by atoms with Gasteiger partial charge < -0.3 is 20.5 Å². The summed E-state index contributed by atoms with van der Waals surface area (Å²) < 4.78 is 6.31. The van der Waals surface area contributed by atoms with Crippen molar-refractivity contribution in [2.75, 3.05) is 20.7 Å². The lowest BCUT2D eigenvalue weighted by Crippen LogP contribution is -2.38. The van der Waals surface area contributed by atoms with Gasteiger partial charge in [0.1, 0.15) is 6.10 Å². The van der Waals surface area contributed by atoms with Crippen molar-refractivity contribution in [3.63, 3.8) is 0 Å². The van der Waals surface area contributed by atoms with Gasteiger partial charge >= 0.3 is 0 Å². The van der Waals surface area contributed by atoms with Gasteiger partial charge in [0, 0.05) is 36.8 Å². The molecule has 2 aromatic carbocycles. The number of guanidine groups is 1. The van der Waals surface area contributed by atoms with Crippen LogP contribution in [-0.2, 0) is 17.9 Å². The zero-order chi connectivity index (χ0) is 19.1. The zero-order valence-corrected chi connectivity index (χ0v) is 16.4. The van der Waals surface area contributed by atoms with Crippen LogP contribution >= 0.6 is 11.3 Å². The largest absolute Gasteiger partial charge is 0.386 e. The number of benzene rings is 2. The van der Waals surface area contributed by atoms with Crippen molar-refractivity contribution >= 4 is 27.4 Å². The molecule has 3 rings (SSSR count). The topological polar surface area (TPSA) is 65.9 Å². The van der Waals surface area contributed by atoms with Crippen molar-refractivity contribution < 1.29 is 9.84 Å². The molecule has 0 spiro atoms. The van der Waals surface area contributed by atoms with Crippen LogP contribution < -0.4 is 10.6 Å². The fourth-order valence-electron chi connectivity index (χ4n) is 2.79. The molecule has 6 heteroatoms.